The summed E-state index contributed by atoms with van der Waals surface area (Å²) in [5.41, 5.74) is 0.371. The number of carbonyl (C=O) groups excluding carboxylic acids is 2. The van der Waals surface area contributed by atoms with E-state index in [0.717, 1.165) is 0 Å². The second-order valence-corrected chi connectivity index (χ2v) is 3.00. The van der Waals surface area contributed by atoms with Gasteiger partial charge in [-0.1, -0.05) is 11.6 Å². The summed E-state index contributed by atoms with van der Waals surface area (Å²) >= 11 is 5.62. The van der Waals surface area contributed by atoms with Gasteiger partial charge in [0.15, 0.2) is 11.5 Å². The van der Waals surface area contributed by atoms with Crippen molar-refractivity contribution in [2.45, 2.75) is 6.92 Å². The van der Waals surface area contributed by atoms with Gasteiger partial charge in [-0.2, -0.15) is 0 Å². The molecule has 0 unspecified atom stereocenters. The molecule has 1 rings (SSSR count). The van der Waals surface area contributed by atoms with Crippen LogP contribution in [0.2, 0.25) is 5.15 Å². The molecule has 0 aliphatic rings. The highest BCUT2D eigenvalue weighted by Crippen LogP contribution is 2.12. The minimum Gasteiger partial charge on any atom is -0.464 e. The van der Waals surface area contributed by atoms with Crippen molar-refractivity contribution < 1.29 is 14.3 Å². The van der Waals surface area contributed by atoms with Crippen molar-refractivity contribution in [2.24, 2.45) is 0 Å². The highest BCUT2D eigenvalue weighted by atomic mass is 35.5. The van der Waals surface area contributed by atoms with E-state index < -0.39 is 5.97 Å². The van der Waals surface area contributed by atoms with Crippen LogP contribution in [0.4, 0.5) is 0 Å². The number of halogens is 1. The summed E-state index contributed by atoms with van der Waals surface area (Å²) in [6.07, 6.45) is 0. The molecule has 1 aromatic rings. The van der Waals surface area contributed by atoms with Gasteiger partial charge in [0.05, 0.1) is 7.11 Å². The number of hydrogen-bond donors (Lipinski definition) is 0. The van der Waals surface area contributed by atoms with E-state index in [1.807, 2.05) is 0 Å². The maximum Gasteiger partial charge on any atom is 0.356 e. The molecule has 0 radical (unpaired) electrons. The number of pyridine rings is 1. The highest BCUT2D eigenvalue weighted by Gasteiger charge is 2.11. The van der Waals surface area contributed by atoms with Crippen molar-refractivity contribution in [1.82, 2.24) is 4.98 Å². The van der Waals surface area contributed by atoms with Gasteiger partial charge in [0, 0.05) is 5.56 Å². The predicted octanol–water partition coefficient (Wildman–Crippen LogP) is 1.72. The molecule has 74 valence electrons. The van der Waals surface area contributed by atoms with E-state index in [4.69, 9.17) is 11.6 Å². The van der Waals surface area contributed by atoms with Crippen LogP contribution in [0.25, 0.3) is 0 Å². The van der Waals surface area contributed by atoms with Crippen LogP contribution < -0.4 is 0 Å². The molecular weight excluding hydrogens is 206 g/mol. The fourth-order valence-electron chi connectivity index (χ4n) is 0.909. The monoisotopic (exact) mass is 213 g/mol. The molecule has 0 aliphatic carbocycles. The highest BCUT2D eigenvalue weighted by molar-refractivity contribution is 6.30. The summed E-state index contributed by atoms with van der Waals surface area (Å²) in [5, 5.41) is 0.0955. The van der Waals surface area contributed by atoms with E-state index in [0.29, 0.717) is 5.56 Å². The van der Waals surface area contributed by atoms with Gasteiger partial charge in [0.2, 0.25) is 0 Å². The van der Waals surface area contributed by atoms with E-state index in [1.54, 1.807) is 0 Å². The number of methoxy groups -OCH3 is 1. The van der Waals surface area contributed by atoms with Crippen molar-refractivity contribution in [3.8, 4) is 0 Å². The Morgan fingerprint density at radius 1 is 1.43 bits per heavy atom. The summed E-state index contributed by atoms with van der Waals surface area (Å²) in [7, 11) is 1.23. The van der Waals surface area contributed by atoms with Crippen molar-refractivity contribution in [3.63, 3.8) is 0 Å². The summed E-state index contributed by atoms with van der Waals surface area (Å²) in [4.78, 5) is 25.8. The van der Waals surface area contributed by atoms with Gasteiger partial charge in [-0.05, 0) is 19.1 Å². The topological polar surface area (TPSA) is 56.3 Å². The van der Waals surface area contributed by atoms with Crippen molar-refractivity contribution >= 4 is 23.4 Å². The van der Waals surface area contributed by atoms with Crippen LogP contribution in [0, 0.1) is 0 Å². The normalized spacial score (nSPS) is 9.64. The van der Waals surface area contributed by atoms with Gasteiger partial charge in [-0.25, -0.2) is 9.78 Å². The lowest BCUT2D eigenvalue weighted by atomic mass is 10.1. The summed E-state index contributed by atoms with van der Waals surface area (Å²) in [6, 6.07) is 2.75. The van der Waals surface area contributed by atoms with E-state index in [2.05, 4.69) is 9.72 Å². The number of ketones is 1. The Labute approximate surface area is 85.9 Å². The third-order valence-corrected chi connectivity index (χ3v) is 1.79. The third kappa shape index (κ3) is 2.29. The molecule has 0 bridgehead atoms. The molecule has 0 spiro atoms. The number of aromatic nitrogens is 1. The minimum absolute atomic E-state index is 0.0326. The van der Waals surface area contributed by atoms with Gasteiger partial charge < -0.3 is 4.74 Å². The third-order valence-electron chi connectivity index (χ3n) is 1.60. The quantitative estimate of drug-likeness (QED) is 0.427. The number of carbonyl (C=O) groups is 2. The smallest absolute Gasteiger partial charge is 0.356 e. The van der Waals surface area contributed by atoms with Crippen molar-refractivity contribution in [1.29, 1.82) is 0 Å². The average molecular weight is 214 g/mol. The number of Topliss-reactive ketones (excluding diaryl/α,β-unsaturated/α-hetero) is 1. The van der Waals surface area contributed by atoms with Gasteiger partial charge in [0.25, 0.3) is 0 Å². The summed E-state index contributed by atoms with van der Waals surface area (Å²) in [5.74, 6) is -0.797. The number of rotatable bonds is 2. The molecule has 5 heteroatoms. The number of nitrogens with zero attached hydrogens (tertiary/aromatic N) is 1. The van der Waals surface area contributed by atoms with Crippen LogP contribution in [0.3, 0.4) is 0 Å². The zero-order chi connectivity index (χ0) is 10.7. The van der Waals surface area contributed by atoms with Crippen LogP contribution in [0.5, 0.6) is 0 Å². The molecule has 1 aromatic heterocycles. The molecular formula is C9H8ClNO3. The second kappa shape index (κ2) is 4.19. The Bertz CT molecular complexity index is 390. The SMILES string of the molecule is COC(=O)c1cc(C(C)=O)cc(Cl)n1. The van der Waals surface area contributed by atoms with Crippen molar-refractivity contribution in [3.05, 3.63) is 28.5 Å². The zero-order valence-corrected chi connectivity index (χ0v) is 8.46. The zero-order valence-electron chi connectivity index (χ0n) is 7.70. The molecule has 0 amide bonds. The number of ether oxygens (including phenoxy) is 1. The standard InChI is InChI=1S/C9H8ClNO3/c1-5(12)6-3-7(9(13)14-2)11-8(10)4-6/h3-4H,1-2H3. The Morgan fingerprint density at radius 3 is 2.57 bits per heavy atom. The predicted molar refractivity (Wildman–Crippen MR) is 50.6 cm³/mol. The molecule has 0 aromatic carbocycles. The van der Waals surface area contributed by atoms with Crippen LogP contribution in [-0.2, 0) is 4.74 Å². The first-order chi connectivity index (χ1) is 6.54. The van der Waals surface area contributed by atoms with Crippen molar-refractivity contribution in [2.75, 3.05) is 7.11 Å². The van der Waals surface area contributed by atoms with E-state index >= 15 is 0 Å². The van der Waals surface area contributed by atoms with E-state index in [1.165, 1.54) is 26.2 Å². The molecule has 0 saturated carbocycles. The van der Waals surface area contributed by atoms with E-state index in [-0.39, 0.29) is 16.6 Å². The van der Waals surface area contributed by atoms with Crippen LogP contribution in [-0.4, -0.2) is 23.8 Å². The largest absolute Gasteiger partial charge is 0.464 e. The molecule has 0 N–H and O–H groups in total. The fraction of sp³-hybridized carbons (Fsp3) is 0.222. The average Bonchev–Trinajstić information content (AvgIpc) is 2.15. The molecule has 4 nitrogen and oxygen atoms in total. The molecule has 1 heterocycles. The fourth-order valence-corrected chi connectivity index (χ4v) is 1.12. The summed E-state index contributed by atoms with van der Waals surface area (Å²) < 4.78 is 4.45. The van der Waals surface area contributed by atoms with Gasteiger partial charge >= 0.3 is 5.97 Å². The Kier molecular flexibility index (Phi) is 3.19. The van der Waals surface area contributed by atoms with Gasteiger partial charge in [-0.15, -0.1) is 0 Å². The molecule has 0 aliphatic heterocycles. The first-order valence-electron chi connectivity index (χ1n) is 3.81. The lowest BCUT2D eigenvalue weighted by molar-refractivity contribution is 0.0594. The minimum atomic E-state index is -0.616. The first-order valence-corrected chi connectivity index (χ1v) is 4.19. The molecule has 0 atom stereocenters. The first kappa shape index (κ1) is 10.7. The number of esters is 1. The maximum absolute atomic E-state index is 11.1. The molecule has 14 heavy (non-hydrogen) atoms. The van der Waals surface area contributed by atoms with E-state index in [9.17, 15) is 9.59 Å². The summed E-state index contributed by atoms with van der Waals surface area (Å²) in [6.45, 7) is 1.38. The molecule has 0 fully saturated rings. The lowest BCUT2D eigenvalue weighted by Crippen LogP contribution is -2.06. The van der Waals surface area contributed by atoms with Crippen LogP contribution in [0.15, 0.2) is 12.1 Å². The molecule has 0 saturated heterocycles. The lowest BCUT2D eigenvalue weighted by Gasteiger charge is -2.01. The van der Waals surface area contributed by atoms with Gasteiger partial charge in [0.1, 0.15) is 5.15 Å². The van der Waals surface area contributed by atoms with Gasteiger partial charge in [-0.3, -0.25) is 4.79 Å². The second-order valence-electron chi connectivity index (χ2n) is 2.61. The van der Waals surface area contributed by atoms with Crippen LogP contribution in [0.1, 0.15) is 27.8 Å². The Hall–Kier alpha value is -1.42. The number of hydrogen-bond acceptors (Lipinski definition) is 4. The van der Waals surface area contributed by atoms with Crippen LogP contribution >= 0.6 is 11.6 Å². The Balaban J connectivity index is 3.20. The maximum atomic E-state index is 11.1. The Morgan fingerprint density at radius 2 is 2.07 bits per heavy atom.